The quantitative estimate of drug-likeness (QED) is 0.265. The van der Waals surface area contributed by atoms with Crippen molar-refractivity contribution in [2.75, 3.05) is 51.2 Å². The maximum absolute atomic E-state index is 12.1. The first-order chi connectivity index (χ1) is 13.2. The van der Waals surface area contributed by atoms with E-state index in [2.05, 4.69) is 40.4 Å². The largest absolute Gasteiger partial charge is 0.354 e. The van der Waals surface area contributed by atoms with Gasteiger partial charge in [0.2, 0.25) is 5.95 Å². The monoisotopic (exact) mass is 516 g/mol. The summed E-state index contributed by atoms with van der Waals surface area (Å²) in [5.41, 5.74) is 2.45. The van der Waals surface area contributed by atoms with Gasteiger partial charge in [0.05, 0.1) is 11.2 Å². The number of carbonyl (C=O) groups excluding carboxylic acids is 1. The van der Waals surface area contributed by atoms with E-state index in [0.717, 1.165) is 43.8 Å². The fourth-order valence-electron chi connectivity index (χ4n) is 2.86. The van der Waals surface area contributed by atoms with E-state index in [9.17, 15) is 4.79 Å². The molecule has 9 nitrogen and oxygen atoms in total. The summed E-state index contributed by atoms with van der Waals surface area (Å²) in [6.45, 7) is 6.32. The molecular formula is C17H25IN8OS. The Kier molecular flexibility index (Phi) is 8.83. The highest BCUT2D eigenvalue weighted by atomic mass is 127. The summed E-state index contributed by atoms with van der Waals surface area (Å²) < 4.78 is 0. The maximum atomic E-state index is 12.1. The van der Waals surface area contributed by atoms with Gasteiger partial charge in [0, 0.05) is 58.7 Å². The van der Waals surface area contributed by atoms with Crippen molar-refractivity contribution in [2.24, 2.45) is 4.99 Å². The van der Waals surface area contributed by atoms with Gasteiger partial charge in [0.25, 0.3) is 5.91 Å². The average Bonchev–Trinajstić information content (AvgIpc) is 3.15. The van der Waals surface area contributed by atoms with E-state index in [0.29, 0.717) is 18.0 Å². The van der Waals surface area contributed by atoms with Crippen molar-refractivity contribution in [3.05, 3.63) is 34.5 Å². The van der Waals surface area contributed by atoms with Crippen molar-refractivity contribution in [1.82, 2.24) is 30.5 Å². The van der Waals surface area contributed by atoms with Crippen LogP contribution in [0.2, 0.25) is 0 Å². The number of hydrogen-bond donors (Lipinski definition) is 2. The SMILES string of the molecule is CN=C(NCCNC(=O)c1scnc1C)N1CCN(c2ncccn2)CC1.I. The summed E-state index contributed by atoms with van der Waals surface area (Å²) in [6, 6.07) is 1.82. The predicted molar refractivity (Wildman–Crippen MR) is 122 cm³/mol. The lowest BCUT2D eigenvalue weighted by Gasteiger charge is -2.36. The number of aromatic nitrogens is 3. The molecule has 0 aromatic carbocycles. The third-order valence-corrected chi connectivity index (χ3v) is 5.20. The van der Waals surface area contributed by atoms with Gasteiger partial charge in [-0.2, -0.15) is 0 Å². The molecule has 0 unspecified atom stereocenters. The average molecular weight is 516 g/mol. The van der Waals surface area contributed by atoms with Crippen LogP contribution in [-0.2, 0) is 0 Å². The molecule has 0 spiro atoms. The van der Waals surface area contributed by atoms with Crippen LogP contribution in [0.4, 0.5) is 5.95 Å². The number of aliphatic imine (C=N–C) groups is 1. The minimum absolute atomic E-state index is 0. The number of carbonyl (C=O) groups is 1. The molecule has 11 heteroatoms. The number of amides is 1. The lowest BCUT2D eigenvalue weighted by molar-refractivity contribution is 0.0957. The van der Waals surface area contributed by atoms with Crippen LogP contribution >= 0.6 is 35.3 Å². The zero-order valence-electron chi connectivity index (χ0n) is 16.0. The second-order valence-corrected chi connectivity index (χ2v) is 6.87. The minimum Gasteiger partial charge on any atom is -0.354 e. The Hall–Kier alpha value is -2.02. The van der Waals surface area contributed by atoms with E-state index in [1.807, 2.05) is 13.0 Å². The molecule has 1 aliphatic heterocycles. The zero-order chi connectivity index (χ0) is 19.1. The molecule has 2 aromatic heterocycles. The fourth-order valence-corrected chi connectivity index (χ4v) is 3.57. The van der Waals surface area contributed by atoms with Crippen molar-refractivity contribution in [2.45, 2.75) is 6.92 Å². The van der Waals surface area contributed by atoms with E-state index in [-0.39, 0.29) is 29.9 Å². The number of piperazine rings is 1. The van der Waals surface area contributed by atoms with E-state index in [4.69, 9.17) is 0 Å². The molecule has 1 aliphatic rings. The van der Waals surface area contributed by atoms with Crippen molar-refractivity contribution in [1.29, 1.82) is 0 Å². The van der Waals surface area contributed by atoms with E-state index in [1.165, 1.54) is 11.3 Å². The summed E-state index contributed by atoms with van der Waals surface area (Å²) in [4.78, 5) is 34.2. The van der Waals surface area contributed by atoms with Crippen LogP contribution in [0.5, 0.6) is 0 Å². The molecule has 2 N–H and O–H groups in total. The van der Waals surface area contributed by atoms with Gasteiger partial charge in [-0.05, 0) is 13.0 Å². The molecule has 0 saturated carbocycles. The molecule has 3 heterocycles. The molecule has 1 saturated heterocycles. The van der Waals surface area contributed by atoms with Crippen molar-refractivity contribution in [3.63, 3.8) is 0 Å². The Balaban J connectivity index is 0.00000280. The first-order valence-corrected chi connectivity index (χ1v) is 9.73. The first-order valence-electron chi connectivity index (χ1n) is 8.85. The highest BCUT2D eigenvalue weighted by Crippen LogP contribution is 2.11. The maximum Gasteiger partial charge on any atom is 0.263 e. The van der Waals surface area contributed by atoms with Crippen LogP contribution in [0, 0.1) is 6.92 Å². The number of hydrogen-bond acceptors (Lipinski definition) is 7. The zero-order valence-corrected chi connectivity index (χ0v) is 19.1. The molecule has 28 heavy (non-hydrogen) atoms. The fraction of sp³-hybridized carbons (Fsp3) is 0.471. The van der Waals surface area contributed by atoms with E-state index in [1.54, 1.807) is 25.0 Å². The van der Waals surface area contributed by atoms with Crippen LogP contribution < -0.4 is 15.5 Å². The summed E-state index contributed by atoms with van der Waals surface area (Å²) in [6.07, 6.45) is 3.52. The van der Waals surface area contributed by atoms with Gasteiger partial charge in [-0.3, -0.25) is 9.79 Å². The van der Waals surface area contributed by atoms with Gasteiger partial charge >= 0.3 is 0 Å². The van der Waals surface area contributed by atoms with Crippen LogP contribution in [0.3, 0.4) is 0 Å². The standard InChI is InChI=1S/C17H24N8OS.HI/c1-13-14(27-12-23-13)15(26)19-6-7-22-16(18-2)24-8-10-25(11-9-24)17-20-4-3-5-21-17;/h3-5,12H,6-11H2,1-2H3,(H,18,22)(H,19,26);1H. The Bertz CT molecular complexity index is 776. The normalized spacial score (nSPS) is 14.4. The lowest BCUT2D eigenvalue weighted by Crippen LogP contribution is -2.53. The molecule has 3 rings (SSSR count). The third kappa shape index (κ3) is 5.74. The third-order valence-electron chi connectivity index (χ3n) is 4.27. The van der Waals surface area contributed by atoms with Crippen molar-refractivity contribution in [3.8, 4) is 0 Å². The number of aryl methyl sites for hydroxylation is 1. The molecule has 152 valence electrons. The Labute approximate surface area is 185 Å². The van der Waals surface area contributed by atoms with Gasteiger partial charge in [-0.15, -0.1) is 35.3 Å². The van der Waals surface area contributed by atoms with Crippen molar-refractivity contribution >= 4 is 53.1 Å². The number of anilines is 1. The summed E-state index contributed by atoms with van der Waals surface area (Å²) in [5.74, 6) is 1.52. The van der Waals surface area contributed by atoms with Crippen LogP contribution in [0.1, 0.15) is 15.4 Å². The molecule has 2 aromatic rings. The molecular weight excluding hydrogens is 491 g/mol. The van der Waals surface area contributed by atoms with E-state index >= 15 is 0 Å². The van der Waals surface area contributed by atoms with Crippen LogP contribution in [0.25, 0.3) is 0 Å². The molecule has 0 aliphatic carbocycles. The van der Waals surface area contributed by atoms with Crippen molar-refractivity contribution < 1.29 is 4.79 Å². The number of thiazole rings is 1. The van der Waals surface area contributed by atoms with Crippen LogP contribution in [0.15, 0.2) is 29.0 Å². The van der Waals surface area contributed by atoms with Gasteiger partial charge < -0.3 is 20.4 Å². The number of guanidine groups is 1. The molecule has 0 radical (unpaired) electrons. The Morgan fingerprint density at radius 2 is 1.82 bits per heavy atom. The Morgan fingerprint density at radius 1 is 1.14 bits per heavy atom. The smallest absolute Gasteiger partial charge is 0.263 e. The number of nitrogens with one attached hydrogen (secondary N) is 2. The molecule has 1 fully saturated rings. The first kappa shape index (κ1) is 22.3. The number of rotatable bonds is 5. The highest BCUT2D eigenvalue weighted by Gasteiger charge is 2.21. The minimum atomic E-state index is -0.0803. The lowest BCUT2D eigenvalue weighted by atomic mass is 10.3. The van der Waals surface area contributed by atoms with Crippen LogP contribution in [-0.4, -0.2) is 78.0 Å². The molecule has 1 amide bonds. The van der Waals surface area contributed by atoms with Gasteiger partial charge in [0.15, 0.2) is 5.96 Å². The van der Waals surface area contributed by atoms with E-state index < -0.39 is 0 Å². The molecule has 0 atom stereocenters. The predicted octanol–water partition coefficient (Wildman–Crippen LogP) is 0.987. The van der Waals surface area contributed by atoms with Gasteiger partial charge in [0.1, 0.15) is 4.88 Å². The van der Waals surface area contributed by atoms with Gasteiger partial charge in [-0.1, -0.05) is 0 Å². The topological polar surface area (TPSA) is 98.6 Å². The molecule has 0 bridgehead atoms. The van der Waals surface area contributed by atoms with Gasteiger partial charge in [-0.25, -0.2) is 15.0 Å². The second-order valence-electron chi connectivity index (χ2n) is 6.02. The summed E-state index contributed by atoms with van der Waals surface area (Å²) in [5, 5.41) is 6.22. The highest BCUT2D eigenvalue weighted by molar-refractivity contribution is 14.0. The summed E-state index contributed by atoms with van der Waals surface area (Å²) >= 11 is 1.36. The second kappa shape index (κ2) is 11.1. The number of nitrogens with zero attached hydrogens (tertiary/aromatic N) is 6. The Morgan fingerprint density at radius 3 is 2.43 bits per heavy atom. The summed E-state index contributed by atoms with van der Waals surface area (Å²) in [7, 11) is 1.77. The number of halogens is 1.